The lowest BCUT2D eigenvalue weighted by Gasteiger charge is -2.23. The lowest BCUT2D eigenvalue weighted by molar-refractivity contribution is -0.124. The number of nitrogens with zero attached hydrogens (tertiary/aromatic N) is 1. The summed E-state index contributed by atoms with van der Waals surface area (Å²) < 4.78 is 31.5. The summed E-state index contributed by atoms with van der Waals surface area (Å²) in [6, 6.07) is 1.44. The lowest BCUT2D eigenvalue weighted by Crippen LogP contribution is -2.46. The molecule has 0 aromatic carbocycles. The molecule has 1 aliphatic heterocycles. The number of aromatic carboxylic acids is 1. The van der Waals surface area contributed by atoms with Crippen molar-refractivity contribution in [3.05, 3.63) is 17.9 Å². The summed E-state index contributed by atoms with van der Waals surface area (Å²) in [4.78, 5) is 23.3. The number of carboxylic acids is 1. The second-order valence-electron chi connectivity index (χ2n) is 6.59. The van der Waals surface area contributed by atoms with E-state index in [-0.39, 0.29) is 12.5 Å². The lowest BCUT2D eigenvalue weighted by atomic mass is 10.1. The molecule has 1 unspecified atom stereocenters. The first-order valence-corrected chi connectivity index (χ1v) is 9.96. The summed E-state index contributed by atoms with van der Waals surface area (Å²) in [6.07, 6.45) is 5.56. The highest BCUT2D eigenvalue weighted by molar-refractivity contribution is 7.89. The molecule has 8 nitrogen and oxygen atoms in total. The first-order chi connectivity index (χ1) is 11.9. The standard InChI is InChI=1S/C16H22N2O6S/c19-15(17-10-11-4-1-2-5-11)12-6-3-9-18(12)25(22,23)14-8-7-13(24-14)16(20)21/h7-8,11-12H,1-6,9-10H2,(H,17,19)(H,20,21). The average molecular weight is 370 g/mol. The largest absolute Gasteiger partial charge is 0.475 e. The van der Waals surface area contributed by atoms with Crippen LogP contribution in [0, 0.1) is 5.92 Å². The number of amides is 1. The highest BCUT2D eigenvalue weighted by atomic mass is 32.2. The number of furan rings is 1. The Hall–Kier alpha value is -1.87. The molecule has 2 aliphatic rings. The number of hydrogen-bond donors (Lipinski definition) is 2. The van der Waals surface area contributed by atoms with Gasteiger partial charge in [-0.25, -0.2) is 13.2 Å². The topological polar surface area (TPSA) is 117 Å². The van der Waals surface area contributed by atoms with Gasteiger partial charge in [-0.2, -0.15) is 4.31 Å². The second kappa shape index (κ2) is 7.17. The molecule has 1 saturated carbocycles. The molecule has 9 heteroatoms. The minimum absolute atomic E-state index is 0.215. The van der Waals surface area contributed by atoms with Crippen molar-refractivity contribution in [3.63, 3.8) is 0 Å². The molecule has 2 heterocycles. The average Bonchev–Trinajstić information content (AvgIpc) is 3.33. The van der Waals surface area contributed by atoms with Crippen molar-refractivity contribution in [1.29, 1.82) is 0 Å². The third kappa shape index (κ3) is 3.72. The highest BCUT2D eigenvalue weighted by Gasteiger charge is 2.41. The molecule has 25 heavy (non-hydrogen) atoms. The Morgan fingerprint density at radius 2 is 1.92 bits per heavy atom. The molecule has 1 aliphatic carbocycles. The van der Waals surface area contributed by atoms with E-state index in [1.54, 1.807) is 0 Å². The highest BCUT2D eigenvalue weighted by Crippen LogP contribution is 2.28. The van der Waals surface area contributed by atoms with E-state index < -0.39 is 32.9 Å². The summed E-state index contributed by atoms with van der Waals surface area (Å²) in [7, 11) is -4.04. The van der Waals surface area contributed by atoms with Crippen LogP contribution in [-0.2, 0) is 14.8 Å². The van der Waals surface area contributed by atoms with Crippen molar-refractivity contribution in [2.45, 2.75) is 49.7 Å². The van der Waals surface area contributed by atoms with Gasteiger partial charge in [-0.1, -0.05) is 12.8 Å². The quantitative estimate of drug-likeness (QED) is 0.782. The second-order valence-corrected chi connectivity index (χ2v) is 8.41. The summed E-state index contributed by atoms with van der Waals surface area (Å²) in [6.45, 7) is 0.792. The van der Waals surface area contributed by atoms with E-state index >= 15 is 0 Å². The van der Waals surface area contributed by atoms with E-state index in [1.165, 1.54) is 12.8 Å². The number of carboxylic acid groups (broad SMARTS) is 1. The van der Waals surface area contributed by atoms with Gasteiger partial charge in [-0.05, 0) is 43.7 Å². The number of nitrogens with one attached hydrogen (secondary N) is 1. The van der Waals surface area contributed by atoms with Gasteiger partial charge in [0.05, 0.1) is 0 Å². The van der Waals surface area contributed by atoms with Gasteiger partial charge < -0.3 is 14.8 Å². The van der Waals surface area contributed by atoms with E-state index in [0.29, 0.717) is 25.3 Å². The van der Waals surface area contributed by atoms with Gasteiger partial charge in [0.15, 0.2) is 0 Å². The zero-order valence-corrected chi connectivity index (χ0v) is 14.6. The number of rotatable bonds is 6. The Labute approximate surface area is 146 Å². The van der Waals surface area contributed by atoms with E-state index in [1.807, 2.05) is 0 Å². The molecule has 138 valence electrons. The Kier molecular flexibility index (Phi) is 5.14. The fourth-order valence-electron chi connectivity index (χ4n) is 3.56. The molecule has 1 aromatic rings. The van der Waals surface area contributed by atoms with E-state index in [9.17, 15) is 18.0 Å². The fraction of sp³-hybridized carbons (Fsp3) is 0.625. The molecular weight excluding hydrogens is 348 g/mol. The van der Waals surface area contributed by atoms with Gasteiger partial charge in [-0.3, -0.25) is 4.79 Å². The molecule has 1 saturated heterocycles. The maximum Gasteiger partial charge on any atom is 0.371 e. The molecule has 0 bridgehead atoms. The van der Waals surface area contributed by atoms with Crippen LogP contribution in [0.3, 0.4) is 0 Å². The number of carbonyl (C=O) groups is 2. The Bertz CT molecular complexity index is 750. The SMILES string of the molecule is O=C(O)c1ccc(S(=O)(=O)N2CCCC2C(=O)NCC2CCCC2)o1. The maximum absolute atomic E-state index is 12.7. The number of hydrogen-bond acceptors (Lipinski definition) is 5. The molecule has 1 amide bonds. The fourth-order valence-corrected chi connectivity index (χ4v) is 5.13. The van der Waals surface area contributed by atoms with Crippen molar-refractivity contribution in [2.75, 3.05) is 13.1 Å². The van der Waals surface area contributed by atoms with E-state index in [4.69, 9.17) is 9.52 Å². The van der Waals surface area contributed by atoms with E-state index in [2.05, 4.69) is 5.32 Å². The molecule has 2 N–H and O–H groups in total. The minimum atomic E-state index is -4.04. The maximum atomic E-state index is 12.7. The normalized spacial score (nSPS) is 22.3. The van der Waals surface area contributed by atoms with E-state index in [0.717, 1.165) is 29.3 Å². The summed E-state index contributed by atoms with van der Waals surface area (Å²) in [5.41, 5.74) is 0. The van der Waals surface area contributed by atoms with Crippen LogP contribution in [0.15, 0.2) is 21.6 Å². The zero-order chi connectivity index (χ0) is 18.0. The predicted octanol–water partition coefficient (Wildman–Crippen LogP) is 1.44. The van der Waals surface area contributed by atoms with Crippen LogP contribution in [0.25, 0.3) is 0 Å². The van der Waals surface area contributed by atoms with Crippen molar-refractivity contribution >= 4 is 21.9 Å². The molecule has 2 fully saturated rings. The minimum Gasteiger partial charge on any atom is -0.475 e. The van der Waals surface area contributed by atoms with Gasteiger partial charge in [-0.15, -0.1) is 0 Å². The molecule has 3 rings (SSSR count). The Balaban J connectivity index is 1.70. The summed E-state index contributed by atoms with van der Waals surface area (Å²) in [5, 5.41) is 11.3. The molecule has 0 spiro atoms. The Morgan fingerprint density at radius 3 is 2.56 bits per heavy atom. The van der Waals surface area contributed by atoms with Gasteiger partial charge in [0.1, 0.15) is 6.04 Å². The van der Waals surface area contributed by atoms with Crippen molar-refractivity contribution in [1.82, 2.24) is 9.62 Å². The summed E-state index contributed by atoms with van der Waals surface area (Å²) >= 11 is 0. The van der Waals surface area contributed by atoms with Crippen LogP contribution in [0.2, 0.25) is 0 Å². The smallest absolute Gasteiger partial charge is 0.371 e. The first-order valence-electron chi connectivity index (χ1n) is 8.52. The number of carbonyl (C=O) groups excluding carboxylic acids is 1. The van der Waals surface area contributed by atoms with Crippen LogP contribution >= 0.6 is 0 Å². The summed E-state index contributed by atoms with van der Waals surface area (Å²) in [5.74, 6) is -1.61. The van der Waals surface area contributed by atoms with Crippen LogP contribution in [0.1, 0.15) is 49.1 Å². The Morgan fingerprint density at radius 1 is 1.20 bits per heavy atom. The monoisotopic (exact) mass is 370 g/mol. The van der Waals surface area contributed by atoms with Crippen LogP contribution in [-0.4, -0.2) is 48.8 Å². The third-order valence-electron chi connectivity index (χ3n) is 4.90. The van der Waals surface area contributed by atoms with Crippen LogP contribution in [0.4, 0.5) is 0 Å². The van der Waals surface area contributed by atoms with Gasteiger partial charge in [0.25, 0.3) is 10.0 Å². The van der Waals surface area contributed by atoms with Gasteiger partial charge in [0, 0.05) is 13.1 Å². The zero-order valence-electron chi connectivity index (χ0n) is 13.8. The molecule has 0 radical (unpaired) electrons. The molecule has 1 atom stereocenters. The van der Waals surface area contributed by atoms with Gasteiger partial charge in [0.2, 0.25) is 16.8 Å². The first kappa shape index (κ1) is 17.9. The predicted molar refractivity (Wildman–Crippen MR) is 87.5 cm³/mol. The molecular formula is C16H22N2O6S. The van der Waals surface area contributed by atoms with Crippen molar-refractivity contribution < 1.29 is 27.5 Å². The van der Waals surface area contributed by atoms with Crippen molar-refractivity contribution in [2.24, 2.45) is 5.92 Å². The van der Waals surface area contributed by atoms with Crippen LogP contribution in [0.5, 0.6) is 0 Å². The molecule has 1 aromatic heterocycles. The van der Waals surface area contributed by atoms with Gasteiger partial charge >= 0.3 is 5.97 Å². The number of sulfonamides is 1. The third-order valence-corrected chi connectivity index (χ3v) is 6.68. The van der Waals surface area contributed by atoms with Crippen LogP contribution < -0.4 is 5.32 Å². The van der Waals surface area contributed by atoms with Crippen molar-refractivity contribution in [3.8, 4) is 0 Å².